The highest BCUT2D eigenvalue weighted by atomic mass is 16.5. The predicted octanol–water partition coefficient (Wildman–Crippen LogP) is 0.850. The van der Waals surface area contributed by atoms with Crippen molar-refractivity contribution in [2.45, 2.75) is 19.4 Å². The van der Waals surface area contributed by atoms with Crippen LogP contribution >= 0.6 is 0 Å². The van der Waals surface area contributed by atoms with Crippen LogP contribution in [0.25, 0.3) is 0 Å². The Morgan fingerprint density at radius 3 is 2.42 bits per heavy atom. The molecule has 1 aromatic rings. The van der Waals surface area contributed by atoms with E-state index in [0.29, 0.717) is 18.0 Å². The molecule has 0 aliphatic rings. The summed E-state index contributed by atoms with van der Waals surface area (Å²) in [5, 5.41) is 8.61. The van der Waals surface area contributed by atoms with Crippen LogP contribution in [-0.4, -0.2) is 36.7 Å². The third kappa shape index (κ3) is 4.26. The van der Waals surface area contributed by atoms with Gasteiger partial charge in [0.2, 0.25) is 5.91 Å². The molecule has 0 saturated carbocycles. The highest BCUT2D eigenvalue weighted by molar-refractivity contribution is 5.98. The Morgan fingerprint density at radius 1 is 1.37 bits per heavy atom. The Bertz CT molecular complexity index is 444. The second-order valence-corrected chi connectivity index (χ2v) is 4.03. The molecule has 1 unspecified atom stereocenters. The molecule has 0 aliphatic carbocycles. The van der Waals surface area contributed by atoms with Gasteiger partial charge in [0.15, 0.2) is 0 Å². The number of nitrogens with two attached hydrogens (primary N) is 1. The molecular weight excluding hydrogens is 248 g/mol. The number of rotatable bonds is 6. The number of carbonyl (C=O) groups is 2. The molecule has 6 nitrogen and oxygen atoms in total. The first-order chi connectivity index (χ1) is 8.95. The number of carbonyl (C=O) groups excluding carboxylic acids is 1. The molecule has 6 heteroatoms. The van der Waals surface area contributed by atoms with E-state index < -0.39 is 17.9 Å². The van der Waals surface area contributed by atoms with Crippen LogP contribution in [0, 0.1) is 0 Å². The zero-order valence-electron chi connectivity index (χ0n) is 11.0. The maximum atomic E-state index is 11.9. The standard InChI is InChI=1S/C13H18N2O4/c1-3-19-10-6-4-9(5-7-10)15(2)13(18)11(14)8-12(16)17/h4-7,11H,3,8,14H2,1-2H3,(H,16,17). The molecule has 1 rings (SSSR count). The van der Waals surface area contributed by atoms with Crippen molar-refractivity contribution >= 4 is 17.6 Å². The summed E-state index contributed by atoms with van der Waals surface area (Å²) in [6, 6.07) is 5.87. The maximum Gasteiger partial charge on any atom is 0.305 e. The van der Waals surface area contributed by atoms with Crippen molar-refractivity contribution in [1.82, 2.24) is 0 Å². The molecule has 3 N–H and O–H groups in total. The van der Waals surface area contributed by atoms with Crippen molar-refractivity contribution in [3.05, 3.63) is 24.3 Å². The van der Waals surface area contributed by atoms with Crippen molar-refractivity contribution < 1.29 is 19.4 Å². The molecule has 0 bridgehead atoms. The lowest BCUT2D eigenvalue weighted by Crippen LogP contribution is -2.43. The zero-order chi connectivity index (χ0) is 14.4. The minimum atomic E-state index is -1.10. The second-order valence-electron chi connectivity index (χ2n) is 4.03. The third-order valence-corrected chi connectivity index (χ3v) is 2.58. The average molecular weight is 266 g/mol. The summed E-state index contributed by atoms with van der Waals surface area (Å²) in [4.78, 5) is 23.8. The first-order valence-corrected chi connectivity index (χ1v) is 5.93. The second kappa shape index (κ2) is 6.75. The van der Waals surface area contributed by atoms with E-state index >= 15 is 0 Å². The molecule has 0 saturated heterocycles. The quantitative estimate of drug-likeness (QED) is 0.796. The largest absolute Gasteiger partial charge is 0.494 e. The molecule has 0 aromatic heterocycles. The number of carboxylic acids is 1. The van der Waals surface area contributed by atoms with Crippen LogP contribution in [0.2, 0.25) is 0 Å². The van der Waals surface area contributed by atoms with Gasteiger partial charge in [0.25, 0.3) is 0 Å². The fourth-order valence-corrected chi connectivity index (χ4v) is 1.58. The molecule has 19 heavy (non-hydrogen) atoms. The van der Waals surface area contributed by atoms with Gasteiger partial charge in [-0.25, -0.2) is 0 Å². The molecule has 1 amide bonds. The van der Waals surface area contributed by atoms with Crippen molar-refractivity contribution in [3.8, 4) is 5.75 Å². The lowest BCUT2D eigenvalue weighted by atomic mass is 10.2. The summed E-state index contributed by atoms with van der Waals surface area (Å²) in [6.07, 6.45) is -0.389. The van der Waals surface area contributed by atoms with Crippen LogP contribution in [-0.2, 0) is 9.59 Å². The van der Waals surface area contributed by atoms with E-state index in [2.05, 4.69) is 0 Å². The number of aliphatic carboxylic acids is 1. The SMILES string of the molecule is CCOc1ccc(N(C)C(=O)C(N)CC(=O)O)cc1. The Kier molecular flexibility index (Phi) is 5.32. The van der Waals surface area contributed by atoms with E-state index in [4.69, 9.17) is 15.6 Å². The minimum absolute atomic E-state index is 0.389. The number of carboxylic acid groups (broad SMARTS) is 1. The Labute approximate surface area is 111 Å². The van der Waals surface area contributed by atoms with Gasteiger partial charge in [-0.3, -0.25) is 9.59 Å². The van der Waals surface area contributed by atoms with Gasteiger partial charge in [0.1, 0.15) is 5.75 Å². The minimum Gasteiger partial charge on any atom is -0.494 e. The molecule has 1 aromatic carbocycles. The van der Waals surface area contributed by atoms with Gasteiger partial charge >= 0.3 is 5.97 Å². The van der Waals surface area contributed by atoms with Crippen LogP contribution in [0.15, 0.2) is 24.3 Å². The van der Waals surface area contributed by atoms with Crippen LogP contribution in [0.3, 0.4) is 0 Å². The van der Waals surface area contributed by atoms with E-state index in [1.165, 1.54) is 4.90 Å². The number of likely N-dealkylation sites (N-methyl/N-ethyl adjacent to an activating group) is 1. The summed E-state index contributed by atoms with van der Waals surface area (Å²) in [7, 11) is 1.56. The van der Waals surface area contributed by atoms with Gasteiger partial charge < -0.3 is 20.5 Å². The number of hydrogen-bond acceptors (Lipinski definition) is 4. The van der Waals surface area contributed by atoms with Crippen LogP contribution in [0.4, 0.5) is 5.69 Å². The molecule has 0 aliphatic heterocycles. The lowest BCUT2D eigenvalue weighted by molar-refractivity contribution is -0.139. The van der Waals surface area contributed by atoms with Gasteiger partial charge in [0, 0.05) is 12.7 Å². The number of benzene rings is 1. The van der Waals surface area contributed by atoms with Crippen molar-refractivity contribution in [2.24, 2.45) is 5.73 Å². The third-order valence-electron chi connectivity index (χ3n) is 2.58. The van der Waals surface area contributed by atoms with E-state index in [-0.39, 0.29) is 6.42 Å². The Hall–Kier alpha value is -2.08. The van der Waals surface area contributed by atoms with Crippen molar-refractivity contribution in [3.63, 3.8) is 0 Å². The Morgan fingerprint density at radius 2 is 1.95 bits per heavy atom. The predicted molar refractivity (Wildman–Crippen MR) is 71.2 cm³/mol. The van der Waals surface area contributed by atoms with Crippen LogP contribution in [0.1, 0.15) is 13.3 Å². The van der Waals surface area contributed by atoms with Gasteiger partial charge in [0.05, 0.1) is 19.1 Å². The summed E-state index contributed by atoms with van der Waals surface area (Å²) in [6.45, 7) is 2.45. The van der Waals surface area contributed by atoms with Gasteiger partial charge in [-0.15, -0.1) is 0 Å². The summed E-state index contributed by atoms with van der Waals surface area (Å²) in [5.74, 6) is -0.825. The summed E-state index contributed by atoms with van der Waals surface area (Å²) < 4.78 is 5.30. The van der Waals surface area contributed by atoms with E-state index in [1.54, 1.807) is 31.3 Å². The Balaban J connectivity index is 2.73. The average Bonchev–Trinajstić information content (AvgIpc) is 2.37. The highest BCUT2D eigenvalue weighted by Gasteiger charge is 2.21. The first kappa shape index (κ1) is 15.0. The molecule has 0 heterocycles. The molecule has 0 radical (unpaired) electrons. The van der Waals surface area contributed by atoms with Crippen molar-refractivity contribution in [2.75, 3.05) is 18.6 Å². The topological polar surface area (TPSA) is 92.9 Å². The maximum absolute atomic E-state index is 11.9. The number of hydrogen-bond donors (Lipinski definition) is 2. The van der Waals surface area contributed by atoms with Crippen LogP contribution in [0.5, 0.6) is 5.75 Å². The molecule has 104 valence electrons. The van der Waals surface area contributed by atoms with Gasteiger partial charge in [-0.1, -0.05) is 0 Å². The van der Waals surface area contributed by atoms with E-state index in [1.807, 2.05) is 6.92 Å². The normalized spacial score (nSPS) is 11.7. The highest BCUT2D eigenvalue weighted by Crippen LogP contribution is 2.19. The van der Waals surface area contributed by atoms with Gasteiger partial charge in [-0.2, -0.15) is 0 Å². The molecular formula is C13H18N2O4. The molecule has 0 fully saturated rings. The monoisotopic (exact) mass is 266 g/mol. The van der Waals surface area contributed by atoms with Crippen molar-refractivity contribution in [1.29, 1.82) is 0 Å². The fraction of sp³-hybridized carbons (Fsp3) is 0.385. The zero-order valence-corrected chi connectivity index (χ0v) is 11.0. The molecule has 0 spiro atoms. The number of anilines is 1. The van der Waals surface area contributed by atoms with Gasteiger partial charge in [-0.05, 0) is 31.2 Å². The summed E-state index contributed by atoms with van der Waals surface area (Å²) in [5.41, 5.74) is 6.17. The number of ether oxygens (including phenoxy) is 1. The smallest absolute Gasteiger partial charge is 0.305 e. The van der Waals surface area contributed by atoms with Crippen LogP contribution < -0.4 is 15.4 Å². The van der Waals surface area contributed by atoms with E-state index in [9.17, 15) is 9.59 Å². The van der Waals surface area contributed by atoms with E-state index in [0.717, 1.165) is 0 Å². The number of amides is 1. The lowest BCUT2D eigenvalue weighted by Gasteiger charge is -2.20. The number of nitrogens with zero attached hydrogens (tertiary/aromatic N) is 1. The molecule has 1 atom stereocenters. The fourth-order valence-electron chi connectivity index (χ4n) is 1.58. The first-order valence-electron chi connectivity index (χ1n) is 5.93. The summed E-state index contributed by atoms with van der Waals surface area (Å²) >= 11 is 0.